The van der Waals surface area contributed by atoms with Crippen molar-refractivity contribution < 1.29 is 23.5 Å². The molecular formula is C20H22FN5O4S. The van der Waals surface area contributed by atoms with Crippen LogP contribution in [0.5, 0.6) is 0 Å². The largest absolute Gasteiger partial charge is 0.378 e. The van der Waals surface area contributed by atoms with Gasteiger partial charge in [-0.05, 0) is 31.0 Å². The molecule has 3 heterocycles. The predicted octanol–water partition coefficient (Wildman–Crippen LogP) is 1.64. The number of hydrogen-bond acceptors (Lipinski definition) is 7. The van der Waals surface area contributed by atoms with Crippen LogP contribution >= 0.6 is 11.3 Å². The molecule has 11 heteroatoms. The minimum Gasteiger partial charge on any atom is -0.378 e. The molecule has 3 amide bonds. The van der Waals surface area contributed by atoms with Crippen LogP contribution in [0, 0.1) is 11.7 Å². The maximum Gasteiger partial charge on any atom is 0.286 e. The van der Waals surface area contributed by atoms with Gasteiger partial charge in [-0.1, -0.05) is 17.4 Å². The van der Waals surface area contributed by atoms with E-state index in [0.29, 0.717) is 57.9 Å². The summed E-state index contributed by atoms with van der Waals surface area (Å²) in [7, 11) is 0. The molecule has 4 rings (SSSR count). The number of piperidine rings is 1. The lowest BCUT2D eigenvalue weighted by atomic mass is 9.95. The second kappa shape index (κ2) is 9.48. The molecule has 0 spiro atoms. The number of morpholine rings is 1. The van der Waals surface area contributed by atoms with Crippen LogP contribution in [-0.2, 0) is 9.53 Å². The lowest BCUT2D eigenvalue weighted by molar-refractivity contribution is -0.141. The standard InChI is InChI=1S/C20H22FN5O4S/c21-14-2-1-3-15(12-14)22-16(27)17-23-24-18(31-17)20(29)25-6-4-13(5-7-25)19(28)26-8-10-30-11-9-26/h1-3,12-13H,4-11H2,(H,22,27). The van der Waals surface area contributed by atoms with E-state index < -0.39 is 11.7 Å². The molecule has 0 saturated carbocycles. The third-order valence-electron chi connectivity index (χ3n) is 5.34. The van der Waals surface area contributed by atoms with Crippen LogP contribution < -0.4 is 5.32 Å². The molecule has 31 heavy (non-hydrogen) atoms. The first-order valence-electron chi connectivity index (χ1n) is 10.1. The SMILES string of the molecule is O=C(Nc1cccc(F)c1)c1nnc(C(=O)N2CCC(C(=O)N3CCOCC3)CC2)s1. The van der Waals surface area contributed by atoms with Gasteiger partial charge < -0.3 is 19.9 Å². The first-order chi connectivity index (χ1) is 15.0. The maximum absolute atomic E-state index is 13.3. The summed E-state index contributed by atoms with van der Waals surface area (Å²) in [4.78, 5) is 41.2. The molecule has 0 atom stereocenters. The number of rotatable bonds is 4. The molecule has 2 fully saturated rings. The first kappa shape index (κ1) is 21.3. The highest BCUT2D eigenvalue weighted by Crippen LogP contribution is 2.23. The van der Waals surface area contributed by atoms with Gasteiger partial charge in [-0.2, -0.15) is 0 Å². The predicted molar refractivity (Wildman–Crippen MR) is 110 cm³/mol. The van der Waals surface area contributed by atoms with E-state index in [1.54, 1.807) is 11.0 Å². The number of nitrogens with zero attached hydrogens (tertiary/aromatic N) is 4. The maximum atomic E-state index is 13.3. The van der Waals surface area contributed by atoms with E-state index in [2.05, 4.69) is 15.5 Å². The zero-order valence-corrected chi connectivity index (χ0v) is 17.6. The van der Waals surface area contributed by atoms with E-state index in [9.17, 15) is 18.8 Å². The van der Waals surface area contributed by atoms with E-state index in [1.807, 2.05) is 4.90 Å². The van der Waals surface area contributed by atoms with E-state index in [1.165, 1.54) is 18.2 Å². The summed E-state index contributed by atoms with van der Waals surface area (Å²) in [6, 6.07) is 5.49. The Morgan fingerprint density at radius 2 is 1.74 bits per heavy atom. The summed E-state index contributed by atoms with van der Waals surface area (Å²) in [5, 5.41) is 10.3. The molecular weight excluding hydrogens is 425 g/mol. The van der Waals surface area contributed by atoms with Crippen LogP contribution in [-0.4, -0.2) is 77.1 Å². The minimum absolute atomic E-state index is 0.0185. The quantitative estimate of drug-likeness (QED) is 0.764. The van der Waals surface area contributed by atoms with Crippen molar-refractivity contribution in [2.24, 2.45) is 5.92 Å². The van der Waals surface area contributed by atoms with Gasteiger partial charge in [-0.25, -0.2) is 4.39 Å². The smallest absolute Gasteiger partial charge is 0.286 e. The van der Waals surface area contributed by atoms with Gasteiger partial charge in [0.05, 0.1) is 13.2 Å². The van der Waals surface area contributed by atoms with Gasteiger partial charge in [-0.15, -0.1) is 10.2 Å². The molecule has 2 saturated heterocycles. The molecule has 1 aromatic heterocycles. The number of aromatic nitrogens is 2. The third kappa shape index (κ3) is 5.05. The highest BCUT2D eigenvalue weighted by molar-refractivity contribution is 7.15. The topological polar surface area (TPSA) is 105 Å². The summed E-state index contributed by atoms with van der Waals surface area (Å²) in [5.74, 6) is -1.30. The number of anilines is 1. The average Bonchev–Trinajstić information content (AvgIpc) is 3.29. The molecule has 1 aromatic carbocycles. The third-order valence-corrected chi connectivity index (χ3v) is 6.25. The molecule has 0 bridgehead atoms. The fourth-order valence-corrected chi connectivity index (χ4v) is 4.37. The minimum atomic E-state index is -0.558. The number of benzene rings is 1. The fourth-order valence-electron chi connectivity index (χ4n) is 3.66. The Hall–Kier alpha value is -2.92. The number of nitrogens with one attached hydrogen (secondary N) is 1. The van der Waals surface area contributed by atoms with Gasteiger partial charge >= 0.3 is 0 Å². The van der Waals surface area contributed by atoms with Gasteiger partial charge in [0.15, 0.2) is 0 Å². The van der Waals surface area contributed by atoms with Crippen molar-refractivity contribution in [1.82, 2.24) is 20.0 Å². The molecule has 0 radical (unpaired) electrons. The molecule has 2 aliphatic rings. The van der Waals surface area contributed by atoms with Crippen molar-refractivity contribution in [2.45, 2.75) is 12.8 Å². The second-order valence-electron chi connectivity index (χ2n) is 7.38. The molecule has 9 nitrogen and oxygen atoms in total. The Morgan fingerprint density at radius 1 is 1.03 bits per heavy atom. The summed E-state index contributed by atoms with van der Waals surface area (Å²) in [6.45, 7) is 3.25. The van der Waals surface area contributed by atoms with Crippen LogP contribution in [0.25, 0.3) is 0 Å². The van der Waals surface area contributed by atoms with Crippen molar-refractivity contribution in [2.75, 3.05) is 44.7 Å². The number of amides is 3. The van der Waals surface area contributed by atoms with E-state index in [4.69, 9.17) is 4.74 Å². The van der Waals surface area contributed by atoms with Crippen LogP contribution in [0.3, 0.4) is 0 Å². The second-order valence-corrected chi connectivity index (χ2v) is 8.36. The summed E-state index contributed by atoms with van der Waals surface area (Å²) in [6.07, 6.45) is 1.18. The number of ether oxygens (including phenoxy) is 1. The number of carbonyl (C=O) groups excluding carboxylic acids is 3. The molecule has 0 aliphatic carbocycles. The Kier molecular flexibility index (Phi) is 6.52. The van der Waals surface area contributed by atoms with Crippen LogP contribution in [0.4, 0.5) is 10.1 Å². The van der Waals surface area contributed by atoms with Crippen molar-refractivity contribution >= 4 is 34.7 Å². The zero-order valence-electron chi connectivity index (χ0n) is 16.8. The van der Waals surface area contributed by atoms with Crippen molar-refractivity contribution in [1.29, 1.82) is 0 Å². The average molecular weight is 447 g/mol. The van der Waals surface area contributed by atoms with E-state index in [0.717, 1.165) is 11.3 Å². The number of carbonyl (C=O) groups is 3. The Balaban J connectivity index is 1.32. The molecule has 2 aromatic rings. The summed E-state index contributed by atoms with van der Waals surface area (Å²) >= 11 is 0.888. The van der Waals surface area contributed by atoms with Crippen molar-refractivity contribution in [3.05, 3.63) is 40.1 Å². The van der Waals surface area contributed by atoms with Crippen molar-refractivity contribution in [3.63, 3.8) is 0 Å². The molecule has 164 valence electrons. The van der Waals surface area contributed by atoms with Crippen LogP contribution in [0.1, 0.15) is 32.4 Å². The van der Waals surface area contributed by atoms with Gasteiger partial charge in [0.25, 0.3) is 11.8 Å². The Morgan fingerprint density at radius 3 is 2.45 bits per heavy atom. The highest BCUT2D eigenvalue weighted by atomic mass is 32.1. The fraction of sp³-hybridized carbons (Fsp3) is 0.450. The zero-order chi connectivity index (χ0) is 21.8. The Labute approximate surface area is 182 Å². The molecule has 1 N–H and O–H groups in total. The van der Waals surface area contributed by atoms with Gasteiger partial charge in [0.2, 0.25) is 15.9 Å². The van der Waals surface area contributed by atoms with Gasteiger partial charge in [-0.3, -0.25) is 14.4 Å². The number of likely N-dealkylation sites (tertiary alicyclic amines) is 1. The van der Waals surface area contributed by atoms with Gasteiger partial charge in [0, 0.05) is 37.8 Å². The van der Waals surface area contributed by atoms with Crippen LogP contribution in [0.15, 0.2) is 24.3 Å². The molecule has 2 aliphatic heterocycles. The number of halogens is 1. The van der Waals surface area contributed by atoms with E-state index in [-0.39, 0.29) is 27.7 Å². The number of hydrogen-bond donors (Lipinski definition) is 1. The lowest BCUT2D eigenvalue weighted by Gasteiger charge is -2.35. The molecule has 0 unspecified atom stereocenters. The monoisotopic (exact) mass is 447 g/mol. The van der Waals surface area contributed by atoms with Crippen molar-refractivity contribution in [3.8, 4) is 0 Å². The first-order valence-corrected chi connectivity index (χ1v) is 10.9. The van der Waals surface area contributed by atoms with Gasteiger partial charge in [0.1, 0.15) is 5.82 Å². The normalized spacial score (nSPS) is 17.5. The Bertz CT molecular complexity index is 970. The highest BCUT2D eigenvalue weighted by Gasteiger charge is 2.32. The summed E-state index contributed by atoms with van der Waals surface area (Å²) in [5.41, 5.74) is 0.292. The lowest BCUT2D eigenvalue weighted by Crippen LogP contribution is -2.47. The summed E-state index contributed by atoms with van der Waals surface area (Å²) < 4.78 is 18.6. The van der Waals surface area contributed by atoms with E-state index >= 15 is 0 Å². The van der Waals surface area contributed by atoms with Crippen LogP contribution in [0.2, 0.25) is 0 Å².